The van der Waals surface area contributed by atoms with E-state index in [-0.39, 0.29) is 18.4 Å². The summed E-state index contributed by atoms with van der Waals surface area (Å²) >= 11 is 0. The van der Waals surface area contributed by atoms with Gasteiger partial charge in [-0.1, -0.05) is 43.2 Å². The van der Waals surface area contributed by atoms with Gasteiger partial charge in [-0.3, -0.25) is 9.59 Å². The van der Waals surface area contributed by atoms with Crippen LogP contribution in [0.5, 0.6) is 0 Å². The number of piperazine rings is 1. The van der Waals surface area contributed by atoms with Gasteiger partial charge in [0.1, 0.15) is 12.1 Å². The van der Waals surface area contributed by atoms with E-state index < -0.39 is 12.1 Å². The molecule has 20 heavy (non-hydrogen) atoms. The molecule has 1 fully saturated rings. The molecule has 2 unspecified atom stereocenters. The molecule has 2 atom stereocenters. The number of nitrogens with zero attached hydrogens (tertiary/aromatic N) is 1. The Labute approximate surface area is 119 Å². The van der Waals surface area contributed by atoms with E-state index in [9.17, 15) is 9.59 Å². The molecular weight excluding hydrogens is 252 g/mol. The summed E-state index contributed by atoms with van der Waals surface area (Å²) in [5.74, 6) is 2.24. The third-order valence-corrected chi connectivity index (χ3v) is 3.51. The molecule has 0 saturated carbocycles. The molecule has 1 N–H and O–H groups in total. The number of carbonyl (C=O) groups excluding carboxylic acids is 2. The number of hydrogen-bond acceptors (Lipinski definition) is 2. The number of rotatable bonds is 4. The second kappa shape index (κ2) is 6.25. The number of carbonyl (C=O) groups is 2. The van der Waals surface area contributed by atoms with Gasteiger partial charge in [0.15, 0.2) is 0 Å². The van der Waals surface area contributed by atoms with Crippen molar-refractivity contribution in [3.8, 4) is 12.3 Å². The van der Waals surface area contributed by atoms with Crippen molar-refractivity contribution in [3.63, 3.8) is 0 Å². The van der Waals surface area contributed by atoms with Crippen molar-refractivity contribution in [1.82, 2.24) is 10.2 Å². The molecule has 0 radical (unpaired) electrons. The summed E-state index contributed by atoms with van der Waals surface area (Å²) in [7, 11) is 0. The molecule has 1 aromatic rings. The van der Waals surface area contributed by atoms with Crippen LogP contribution in [0.3, 0.4) is 0 Å². The molecule has 2 amide bonds. The lowest BCUT2D eigenvalue weighted by Gasteiger charge is -2.37. The molecule has 1 heterocycles. The van der Waals surface area contributed by atoms with Crippen LogP contribution in [0.25, 0.3) is 0 Å². The first kappa shape index (κ1) is 14.1. The molecule has 1 aliphatic heterocycles. The number of benzene rings is 1. The fourth-order valence-electron chi connectivity index (χ4n) is 2.51. The molecule has 0 bridgehead atoms. The average molecular weight is 270 g/mol. The molecule has 0 aromatic heterocycles. The van der Waals surface area contributed by atoms with E-state index in [1.807, 2.05) is 37.3 Å². The number of nitrogens with one attached hydrogen (secondary N) is 1. The maximum atomic E-state index is 12.5. The second-order valence-corrected chi connectivity index (χ2v) is 4.85. The average Bonchev–Trinajstić information content (AvgIpc) is 2.45. The molecule has 1 saturated heterocycles. The Morgan fingerprint density at radius 3 is 2.60 bits per heavy atom. The van der Waals surface area contributed by atoms with E-state index in [2.05, 4.69) is 11.2 Å². The van der Waals surface area contributed by atoms with Crippen LogP contribution < -0.4 is 5.32 Å². The van der Waals surface area contributed by atoms with Crippen LogP contribution >= 0.6 is 0 Å². The summed E-state index contributed by atoms with van der Waals surface area (Å²) in [5.41, 5.74) is 1.02. The number of hydrogen-bond donors (Lipinski definition) is 1. The van der Waals surface area contributed by atoms with E-state index >= 15 is 0 Å². The SMILES string of the molecule is C#CCN1C(=O)C(Cc2ccccc2)NC(=O)C1CC. The van der Waals surface area contributed by atoms with Crippen LogP contribution in [0.1, 0.15) is 18.9 Å². The van der Waals surface area contributed by atoms with E-state index in [4.69, 9.17) is 6.42 Å². The molecule has 0 aliphatic carbocycles. The van der Waals surface area contributed by atoms with Gasteiger partial charge < -0.3 is 10.2 Å². The maximum Gasteiger partial charge on any atom is 0.246 e. The van der Waals surface area contributed by atoms with Crippen LogP contribution in [0, 0.1) is 12.3 Å². The Morgan fingerprint density at radius 1 is 1.30 bits per heavy atom. The van der Waals surface area contributed by atoms with Gasteiger partial charge in [0, 0.05) is 6.42 Å². The predicted molar refractivity (Wildman–Crippen MR) is 76.7 cm³/mol. The summed E-state index contributed by atoms with van der Waals surface area (Å²) in [4.78, 5) is 26.0. The lowest BCUT2D eigenvalue weighted by Crippen LogP contribution is -2.63. The normalized spacial score (nSPS) is 22.3. The van der Waals surface area contributed by atoms with Crippen molar-refractivity contribution >= 4 is 11.8 Å². The van der Waals surface area contributed by atoms with Crippen LogP contribution in [-0.2, 0) is 16.0 Å². The van der Waals surface area contributed by atoms with Crippen LogP contribution in [0.4, 0.5) is 0 Å². The zero-order chi connectivity index (χ0) is 14.5. The molecule has 4 nitrogen and oxygen atoms in total. The quantitative estimate of drug-likeness (QED) is 0.829. The van der Waals surface area contributed by atoms with Gasteiger partial charge in [0.25, 0.3) is 0 Å². The Balaban J connectivity index is 2.17. The van der Waals surface area contributed by atoms with Gasteiger partial charge in [-0.25, -0.2) is 0 Å². The smallest absolute Gasteiger partial charge is 0.246 e. The largest absolute Gasteiger partial charge is 0.342 e. The van der Waals surface area contributed by atoms with Crippen molar-refractivity contribution in [2.24, 2.45) is 0 Å². The van der Waals surface area contributed by atoms with Gasteiger partial charge in [0.2, 0.25) is 11.8 Å². The summed E-state index contributed by atoms with van der Waals surface area (Å²) < 4.78 is 0. The van der Waals surface area contributed by atoms with Crippen molar-refractivity contribution in [1.29, 1.82) is 0 Å². The zero-order valence-corrected chi connectivity index (χ0v) is 11.5. The molecule has 1 aliphatic rings. The fraction of sp³-hybridized carbons (Fsp3) is 0.375. The van der Waals surface area contributed by atoms with E-state index in [0.717, 1.165) is 5.56 Å². The Morgan fingerprint density at radius 2 is 2.00 bits per heavy atom. The summed E-state index contributed by atoms with van der Waals surface area (Å²) in [6.45, 7) is 2.05. The van der Waals surface area contributed by atoms with Crippen molar-refractivity contribution in [2.45, 2.75) is 31.8 Å². The molecule has 104 valence electrons. The highest BCUT2D eigenvalue weighted by molar-refractivity contribution is 5.97. The first-order chi connectivity index (χ1) is 9.67. The number of terminal acetylenes is 1. The van der Waals surface area contributed by atoms with E-state index in [1.54, 1.807) is 0 Å². The van der Waals surface area contributed by atoms with E-state index in [0.29, 0.717) is 12.8 Å². The molecule has 0 spiro atoms. The van der Waals surface area contributed by atoms with Crippen LogP contribution in [0.15, 0.2) is 30.3 Å². The summed E-state index contributed by atoms with van der Waals surface area (Å²) in [6, 6.07) is 8.65. The number of amides is 2. The third-order valence-electron chi connectivity index (χ3n) is 3.51. The van der Waals surface area contributed by atoms with Crippen molar-refractivity contribution in [2.75, 3.05) is 6.54 Å². The Kier molecular flexibility index (Phi) is 4.41. The summed E-state index contributed by atoms with van der Waals surface area (Å²) in [5, 5.41) is 2.81. The predicted octanol–water partition coefficient (Wildman–Crippen LogP) is 0.968. The monoisotopic (exact) mass is 270 g/mol. The van der Waals surface area contributed by atoms with E-state index in [1.165, 1.54) is 4.90 Å². The van der Waals surface area contributed by atoms with Crippen LogP contribution in [-0.4, -0.2) is 35.3 Å². The first-order valence-corrected chi connectivity index (χ1v) is 6.75. The van der Waals surface area contributed by atoms with Gasteiger partial charge >= 0.3 is 0 Å². The van der Waals surface area contributed by atoms with Crippen LogP contribution in [0.2, 0.25) is 0 Å². The van der Waals surface area contributed by atoms with Gasteiger partial charge in [0.05, 0.1) is 6.54 Å². The van der Waals surface area contributed by atoms with Crippen molar-refractivity contribution < 1.29 is 9.59 Å². The lowest BCUT2D eigenvalue weighted by molar-refractivity contribution is -0.148. The highest BCUT2D eigenvalue weighted by Crippen LogP contribution is 2.15. The first-order valence-electron chi connectivity index (χ1n) is 6.75. The third kappa shape index (κ3) is 2.83. The minimum Gasteiger partial charge on any atom is -0.342 e. The lowest BCUT2D eigenvalue weighted by atomic mass is 9.99. The molecule has 2 rings (SSSR count). The Hall–Kier alpha value is -2.28. The summed E-state index contributed by atoms with van der Waals surface area (Å²) in [6.07, 6.45) is 6.36. The topological polar surface area (TPSA) is 49.4 Å². The molecule has 4 heteroatoms. The molecular formula is C16H18N2O2. The van der Waals surface area contributed by atoms with Gasteiger partial charge in [-0.15, -0.1) is 6.42 Å². The highest BCUT2D eigenvalue weighted by atomic mass is 16.2. The van der Waals surface area contributed by atoms with Gasteiger partial charge in [-0.2, -0.15) is 0 Å². The standard InChI is InChI=1S/C16H18N2O2/c1-3-10-18-14(4-2)15(19)17-13(16(18)20)11-12-8-6-5-7-9-12/h1,5-9,13-14H,4,10-11H2,2H3,(H,17,19). The minimum absolute atomic E-state index is 0.0988. The maximum absolute atomic E-state index is 12.5. The molecule has 1 aromatic carbocycles. The Bertz CT molecular complexity index is 533. The zero-order valence-electron chi connectivity index (χ0n) is 11.5. The highest BCUT2D eigenvalue weighted by Gasteiger charge is 2.38. The second-order valence-electron chi connectivity index (χ2n) is 4.85. The van der Waals surface area contributed by atoms with Gasteiger partial charge in [-0.05, 0) is 12.0 Å². The van der Waals surface area contributed by atoms with Crippen molar-refractivity contribution in [3.05, 3.63) is 35.9 Å². The minimum atomic E-state index is -0.527. The fourth-order valence-corrected chi connectivity index (χ4v) is 2.51.